The second kappa shape index (κ2) is 7.85. The molecule has 0 aliphatic heterocycles. The summed E-state index contributed by atoms with van der Waals surface area (Å²) < 4.78 is 1.66. The second-order valence-corrected chi connectivity index (χ2v) is 15.8. The van der Waals surface area contributed by atoms with Crippen molar-refractivity contribution in [3.63, 3.8) is 0 Å². The van der Waals surface area contributed by atoms with E-state index in [4.69, 9.17) is 0 Å². The summed E-state index contributed by atoms with van der Waals surface area (Å²) in [6.45, 7) is 11.6. The molecule has 0 radical (unpaired) electrons. The van der Waals surface area contributed by atoms with Crippen LogP contribution in [0.15, 0.2) is 42.0 Å². The molecule has 7 rings (SSSR count). The van der Waals surface area contributed by atoms with Gasteiger partial charge in [-0.3, -0.25) is 14.2 Å². The summed E-state index contributed by atoms with van der Waals surface area (Å²) in [6, 6.07) is 2.32. The summed E-state index contributed by atoms with van der Waals surface area (Å²) in [7, 11) is 0. The first-order valence-electron chi connectivity index (χ1n) is 15.4. The van der Waals surface area contributed by atoms with E-state index in [1.54, 1.807) is 23.3 Å². The lowest BCUT2D eigenvalue weighted by atomic mass is 9.34. The molecule has 6 nitrogen and oxygen atoms in total. The lowest BCUT2D eigenvalue weighted by Crippen LogP contribution is -2.65. The molecule has 4 saturated carbocycles. The molecule has 4 fully saturated rings. The van der Waals surface area contributed by atoms with E-state index in [0.717, 1.165) is 57.8 Å². The molecule has 1 aromatic rings. The average molecular weight is 542 g/mol. The van der Waals surface area contributed by atoms with Crippen molar-refractivity contribution in [1.29, 1.82) is 5.26 Å². The third-order valence-electron chi connectivity index (χ3n) is 13.7. The minimum atomic E-state index is -0.697. The minimum absolute atomic E-state index is 0.0225. The van der Waals surface area contributed by atoms with Crippen molar-refractivity contribution in [2.75, 3.05) is 0 Å². The van der Waals surface area contributed by atoms with Crippen molar-refractivity contribution in [2.45, 2.75) is 98.5 Å². The molecule has 8 atom stereocenters. The Morgan fingerprint density at radius 1 is 1.07 bits per heavy atom. The van der Waals surface area contributed by atoms with Gasteiger partial charge in [0, 0.05) is 29.1 Å². The molecule has 1 N–H and O–H groups in total. The van der Waals surface area contributed by atoms with Crippen LogP contribution in [0.5, 0.6) is 0 Å². The van der Waals surface area contributed by atoms with E-state index < -0.39 is 16.9 Å². The summed E-state index contributed by atoms with van der Waals surface area (Å²) >= 11 is 0. The van der Waals surface area contributed by atoms with Crippen molar-refractivity contribution < 1.29 is 14.7 Å². The highest BCUT2D eigenvalue weighted by Crippen LogP contribution is 2.77. The molecule has 1 aromatic heterocycles. The van der Waals surface area contributed by atoms with Crippen molar-refractivity contribution >= 4 is 11.7 Å². The summed E-state index contributed by atoms with van der Waals surface area (Å²) in [6.07, 6.45) is 16.5. The second-order valence-electron chi connectivity index (χ2n) is 15.8. The third kappa shape index (κ3) is 3.00. The first kappa shape index (κ1) is 26.4. The molecule has 6 heteroatoms. The number of hydrogen-bond acceptors (Lipinski definition) is 5. The number of carbonyl (C=O) groups is 2. The van der Waals surface area contributed by atoms with Crippen molar-refractivity contribution in [2.24, 2.45) is 50.2 Å². The highest BCUT2D eigenvalue weighted by atomic mass is 16.3. The van der Waals surface area contributed by atoms with Gasteiger partial charge >= 0.3 is 0 Å². The zero-order valence-corrected chi connectivity index (χ0v) is 24.7. The van der Waals surface area contributed by atoms with Gasteiger partial charge in [-0.25, -0.2) is 4.98 Å². The molecule has 6 aliphatic rings. The van der Waals surface area contributed by atoms with Gasteiger partial charge in [0.25, 0.3) is 0 Å². The van der Waals surface area contributed by atoms with Crippen LogP contribution in [0.3, 0.4) is 0 Å². The molecule has 0 amide bonds. The maximum Gasteiger partial charge on any atom is 0.238 e. The number of fused-ring (bicyclic) bond motifs is 8. The molecule has 212 valence electrons. The Balaban J connectivity index is 1.38. The van der Waals surface area contributed by atoms with E-state index in [0.29, 0.717) is 5.57 Å². The summed E-state index contributed by atoms with van der Waals surface area (Å²) in [5.74, 6) is 0.273. The number of carbonyl (C=O) groups excluding carboxylic acids is 2. The van der Waals surface area contributed by atoms with Crippen LogP contribution in [-0.4, -0.2) is 32.5 Å². The standard InChI is InChI=1S/C34H43N3O3/c1-29(2)8-10-33(28(40)37-15-14-36-20-37)11-9-32(5)26(22(33)18-29)23(38)16-25-30(3)17-21(19-35)27(39)34(12-13-34)24(30)6-7-31(25,32)4/h14-17,20,22,24,26-27,39H,6-13,18H2,1-5H3/t22-,24+,26-,27?,30-,31+,32+,33-/m0/s1. The Labute approximate surface area is 237 Å². The Morgan fingerprint density at radius 2 is 1.80 bits per heavy atom. The number of rotatable bonds is 1. The number of aromatic nitrogens is 2. The monoisotopic (exact) mass is 541 g/mol. The van der Waals surface area contributed by atoms with Gasteiger partial charge in [0.2, 0.25) is 5.91 Å². The van der Waals surface area contributed by atoms with Crippen molar-refractivity contribution in [3.8, 4) is 6.07 Å². The molecule has 40 heavy (non-hydrogen) atoms. The quantitative estimate of drug-likeness (QED) is 0.451. The van der Waals surface area contributed by atoms with Crippen LogP contribution in [0.2, 0.25) is 0 Å². The normalized spacial score (nSPS) is 46.1. The van der Waals surface area contributed by atoms with E-state index >= 15 is 0 Å². The van der Waals surface area contributed by atoms with E-state index in [-0.39, 0.29) is 51.1 Å². The van der Waals surface area contributed by atoms with Crippen LogP contribution in [0, 0.1) is 61.6 Å². The predicted molar refractivity (Wildman–Crippen MR) is 151 cm³/mol. The number of aliphatic hydroxyl groups excluding tert-OH is 1. The molecular formula is C34H43N3O3. The number of ketones is 1. The highest BCUT2D eigenvalue weighted by Gasteiger charge is 2.72. The summed E-state index contributed by atoms with van der Waals surface area (Å²) in [5.41, 5.74) is -0.00441. The Hall–Kier alpha value is -2.52. The smallest absolute Gasteiger partial charge is 0.238 e. The largest absolute Gasteiger partial charge is 0.387 e. The number of nitriles is 1. The lowest BCUT2D eigenvalue weighted by molar-refractivity contribution is -0.163. The molecular weight excluding hydrogens is 498 g/mol. The van der Waals surface area contributed by atoms with Gasteiger partial charge in [0.15, 0.2) is 5.78 Å². The molecule has 0 saturated heterocycles. The number of imidazole rings is 1. The van der Waals surface area contributed by atoms with Gasteiger partial charge in [-0.15, -0.1) is 0 Å². The maximum atomic E-state index is 14.6. The lowest BCUT2D eigenvalue weighted by Gasteiger charge is -2.68. The molecule has 1 spiro atoms. The van der Waals surface area contributed by atoms with E-state index in [2.05, 4.69) is 45.7 Å². The summed E-state index contributed by atoms with van der Waals surface area (Å²) in [5, 5.41) is 21.2. The first-order chi connectivity index (χ1) is 18.8. The average Bonchev–Trinajstić information content (AvgIpc) is 3.49. The first-order valence-corrected chi connectivity index (χ1v) is 15.4. The molecule has 6 aliphatic carbocycles. The zero-order valence-electron chi connectivity index (χ0n) is 24.7. The fourth-order valence-corrected chi connectivity index (χ4v) is 11.2. The minimum Gasteiger partial charge on any atom is -0.387 e. The van der Waals surface area contributed by atoms with Gasteiger partial charge in [-0.05, 0) is 91.9 Å². The van der Waals surface area contributed by atoms with Gasteiger partial charge in [-0.1, -0.05) is 46.3 Å². The SMILES string of the molecule is CC1(C)CC[C@]2(C(=O)n3ccnc3)CC[C@]3(C)[C@H](C(=O)C=C4[C@@]5(C)C=C(C#N)C(O)C6(CC6)[C@@H]5CC[C@]43C)[C@@H]2C1. The van der Waals surface area contributed by atoms with Gasteiger partial charge in [0.1, 0.15) is 6.33 Å². The molecule has 0 aromatic carbocycles. The fraction of sp³-hybridized carbons (Fsp3) is 0.706. The topological polar surface area (TPSA) is 96.0 Å². The summed E-state index contributed by atoms with van der Waals surface area (Å²) in [4.78, 5) is 33.0. The van der Waals surface area contributed by atoms with Gasteiger partial charge in [-0.2, -0.15) is 5.26 Å². The van der Waals surface area contributed by atoms with Crippen LogP contribution in [0.25, 0.3) is 0 Å². The van der Waals surface area contributed by atoms with E-state index in [1.807, 2.05) is 12.2 Å². The third-order valence-corrected chi connectivity index (χ3v) is 13.7. The molecule has 1 heterocycles. The van der Waals surface area contributed by atoms with Gasteiger partial charge < -0.3 is 5.11 Å². The van der Waals surface area contributed by atoms with E-state index in [9.17, 15) is 20.0 Å². The Bertz CT molecular complexity index is 1410. The number of hydrogen-bond donors (Lipinski definition) is 1. The fourth-order valence-electron chi connectivity index (χ4n) is 11.2. The predicted octanol–water partition coefficient (Wildman–Crippen LogP) is 6.29. The zero-order chi connectivity index (χ0) is 28.5. The number of aliphatic hydroxyl groups is 1. The van der Waals surface area contributed by atoms with Gasteiger partial charge in [0.05, 0.1) is 23.2 Å². The van der Waals surface area contributed by atoms with Crippen LogP contribution < -0.4 is 0 Å². The van der Waals surface area contributed by atoms with Crippen molar-refractivity contribution in [1.82, 2.24) is 9.55 Å². The molecule has 1 unspecified atom stereocenters. The van der Waals surface area contributed by atoms with Crippen LogP contribution in [0.1, 0.15) is 97.2 Å². The van der Waals surface area contributed by atoms with Crippen LogP contribution >= 0.6 is 0 Å². The Kier molecular flexibility index (Phi) is 5.18. The van der Waals surface area contributed by atoms with E-state index in [1.165, 1.54) is 5.57 Å². The molecule has 0 bridgehead atoms. The Morgan fingerprint density at radius 3 is 2.45 bits per heavy atom. The maximum absolute atomic E-state index is 14.6. The number of nitrogens with zero attached hydrogens (tertiary/aromatic N) is 3. The van der Waals surface area contributed by atoms with Crippen LogP contribution in [-0.2, 0) is 4.79 Å². The van der Waals surface area contributed by atoms with Crippen molar-refractivity contribution in [3.05, 3.63) is 42.0 Å². The highest BCUT2D eigenvalue weighted by molar-refractivity contribution is 5.97. The number of allylic oxidation sites excluding steroid dienone is 3. The van der Waals surface area contributed by atoms with Crippen LogP contribution in [0.4, 0.5) is 0 Å².